The Morgan fingerprint density at radius 3 is 2.50 bits per heavy atom. The average molecular weight is 142 g/mol. The van der Waals surface area contributed by atoms with Crippen molar-refractivity contribution in [1.29, 1.82) is 0 Å². The number of carbonyl (C=O) groups is 2. The van der Waals surface area contributed by atoms with Gasteiger partial charge < -0.3 is 9.84 Å². The quantitative estimate of drug-likeness (QED) is 0.308. The molecule has 0 saturated carbocycles. The molecule has 0 aliphatic heterocycles. The van der Waals surface area contributed by atoms with E-state index in [1.54, 1.807) is 0 Å². The molecule has 0 aliphatic carbocycles. The molecule has 0 aromatic rings. The van der Waals surface area contributed by atoms with Gasteiger partial charge in [0, 0.05) is 0 Å². The molecule has 0 radical (unpaired) electrons. The summed E-state index contributed by atoms with van der Waals surface area (Å²) in [4.78, 5) is 20.0. The van der Waals surface area contributed by atoms with Gasteiger partial charge in [-0.15, -0.1) is 6.42 Å². The molecule has 0 amide bonds. The summed E-state index contributed by atoms with van der Waals surface area (Å²) in [6, 6.07) is 0. The van der Waals surface area contributed by atoms with Gasteiger partial charge in [0.15, 0.2) is 6.10 Å². The first-order chi connectivity index (χ1) is 4.57. The zero-order chi connectivity index (χ0) is 8.15. The third-order valence-electron chi connectivity index (χ3n) is 0.693. The van der Waals surface area contributed by atoms with Crippen molar-refractivity contribution < 1.29 is 19.4 Å². The van der Waals surface area contributed by atoms with Gasteiger partial charge >= 0.3 is 11.9 Å². The second-order valence-corrected chi connectivity index (χ2v) is 1.52. The topological polar surface area (TPSA) is 63.6 Å². The zero-order valence-electron chi connectivity index (χ0n) is 5.33. The number of rotatable bonds is 1. The lowest BCUT2D eigenvalue weighted by Gasteiger charge is -2.01. The molecule has 1 atom stereocenters. The van der Waals surface area contributed by atoms with E-state index in [0.29, 0.717) is 0 Å². The number of aliphatic carboxylic acids is 1. The van der Waals surface area contributed by atoms with Gasteiger partial charge in [-0.1, -0.05) is 5.92 Å². The fourth-order valence-electron chi connectivity index (χ4n) is 0.245. The normalized spacial score (nSPS) is 11.2. The van der Waals surface area contributed by atoms with E-state index in [1.807, 2.05) is 5.92 Å². The fourth-order valence-corrected chi connectivity index (χ4v) is 0.245. The summed E-state index contributed by atoms with van der Waals surface area (Å²) in [5.41, 5.74) is 0. The van der Waals surface area contributed by atoms with Crippen LogP contribution in [0.15, 0.2) is 0 Å². The lowest BCUT2D eigenvalue weighted by molar-refractivity contribution is -0.165. The van der Waals surface area contributed by atoms with Crippen LogP contribution in [0.25, 0.3) is 0 Å². The summed E-state index contributed by atoms with van der Waals surface area (Å²) in [5, 5.41) is 7.98. The van der Waals surface area contributed by atoms with E-state index in [9.17, 15) is 9.59 Å². The molecule has 54 valence electrons. The number of terminal acetylenes is 1. The van der Waals surface area contributed by atoms with E-state index >= 15 is 0 Å². The maximum Gasteiger partial charge on any atom is 0.418 e. The van der Waals surface area contributed by atoms with Gasteiger partial charge in [-0.3, -0.25) is 0 Å². The van der Waals surface area contributed by atoms with Crippen LogP contribution in [-0.4, -0.2) is 23.1 Å². The van der Waals surface area contributed by atoms with Gasteiger partial charge in [0.25, 0.3) is 0 Å². The van der Waals surface area contributed by atoms with Gasteiger partial charge in [-0.25, -0.2) is 9.59 Å². The highest BCUT2D eigenvalue weighted by Gasteiger charge is 2.14. The molecule has 0 rings (SSSR count). The number of esters is 1. The van der Waals surface area contributed by atoms with Gasteiger partial charge in [-0.05, 0) is 6.92 Å². The molecule has 0 heterocycles. The van der Waals surface area contributed by atoms with Crippen LogP contribution in [0, 0.1) is 12.3 Å². The molecule has 10 heavy (non-hydrogen) atoms. The summed E-state index contributed by atoms with van der Waals surface area (Å²) in [7, 11) is 0. The van der Waals surface area contributed by atoms with Crippen LogP contribution < -0.4 is 0 Å². The zero-order valence-corrected chi connectivity index (χ0v) is 5.33. The minimum atomic E-state index is -1.64. The van der Waals surface area contributed by atoms with Crippen LogP contribution in [0.1, 0.15) is 6.92 Å². The minimum Gasteiger partial charge on any atom is -0.473 e. The van der Waals surface area contributed by atoms with Gasteiger partial charge in [0.2, 0.25) is 0 Å². The van der Waals surface area contributed by atoms with Crippen molar-refractivity contribution in [3.05, 3.63) is 0 Å². The monoisotopic (exact) mass is 142 g/mol. The predicted molar refractivity (Wildman–Crippen MR) is 32.0 cm³/mol. The Hall–Kier alpha value is -1.50. The molecule has 1 N–H and O–H groups in total. The van der Waals surface area contributed by atoms with Crippen LogP contribution in [0.2, 0.25) is 0 Å². The lowest BCUT2D eigenvalue weighted by Crippen LogP contribution is -2.20. The van der Waals surface area contributed by atoms with E-state index in [0.717, 1.165) is 0 Å². The van der Waals surface area contributed by atoms with Crippen molar-refractivity contribution in [1.82, 2.24) is 0 Å². The summed E-state index contributed by atoms with van der Waals surface area (Å²) in [5.74, 6) is -0.921. The van der Waals surface area contributed by atoms with Crippen molar-refractivity contribution in [3.63, 3.8) is 0 Å². The third kappa shape index (κ3) is 2.72. The summed E-state index contributed by atoms with van der Waals surface area (Å²) in [6.07, 6.45) is 4.01. The number of carboxylic acids is 1. The van der Waals surface area contributed by atoms with Gasteiger partial charge in [-0.2, -0.15) is 0 Å². The van der Waals surface area contributed by atoms with E-state index in [2.05, 4.69) is 4.74 Å². The van der Waals surface area contributed by atoms with E-state index < -0.39 is 18.0 Å². The highest BCUT2D eigenvalue weighted by molar-refractivity contribution is 6.28. The first kappa shape index (κ1) is 8.50. The number of ether oxygens (including phenoxy) is 1. The smallest absolute Gasteiger partial charge is 0.418 e. The Kier molecular flexibility index (Phi) is 2.98. The molecular weight excluding hydrogens is 136 g/mol. The molecule has 0 fully saturated rings. The molecule has 4 heteroatoms. The Bertz CT molecular complexity index is 188. The van der Waals surface area contributed by atoms with Crippen molar-refractivity contribution in [2.24, 2.45) is 0 Å². The molecule has 0 aromatic heterocycles. The lowest BCUT2D eigenvalue weighted by atomic mass is 10.4. The van der Waals surface area contributed by atoms with Crippen LogP contribution in [0.5, 0.6) is 0 Å². The van der Waals surface area contributed by atoms with Gasteiger partial charge in [0.05, 0.1) is 0 Å². The number of carboxylic acid groups (broad SMARTS) is 1. The molecular formula is C6H6O4. The largest absolute Gasteiger partial charge is 0.473 e. The third-order valence-corrected chi connectivity index (χ3v) is 0.693. The second-order valence-electron chi connectivity index (χ2n) is 1.52. The Balaban J connectivity index is 3.83. The molecule has 0 aliphatic rings. The summed E-state index contributed by atoms with van der Waals surface area (Å²) >= 11 is 0. The highest BCUT2D eigenvalue weighted by atomic mass is 16.6. The maximum atomic E-state index is 10.2. The second kappa shape index (κ2) is 3.51. The Labute approximate surface area is 57.8 Å². The van der Waals surface area contributed by atoms with E-state index in [4.69, 9.17) is 11.5 Å². The van der Waals surface area contributed by atoms with Crippen LogP contribution in [-0.2, 0) is 14.3 Å². The molecule has 1 unspecified atom stereocenters. The molecule has 4 nitrogen and oxygen atoms in total. The average Bonchev–Trinajstić information content (AvgIpc) is 1.87. The first-order valence-corrected chi connectivity index (χ1v) is 2.48. The van der Waals surface area contributed by atoms with Crippen LogP contribution in [0.4, 0.5) is 0 Å². The minimum absolute atomic E-state index is 0.788. The van der Waals surface area contributed by atoms with Crippen LogP contribution >= 0.6 is 0 Å². The van der Waals surface area contributed by atoms with Crippen molar-refractivity contribution in [2.75, 3.05) is 0 Å². The fraction of sp³-hybridized carbons (Fsp3) is 0.333. The number of hydrogen-bond donors (Lipinski definition) is 1. The van der Waals surface area contributed by atoms with Crippen molar-refractivity contribution in [2.45, 2.75) is 13.0 Å². The highest BCUT2D eigenvalue weighted by Crippen LogP contribution is 1.87. The first-order valence-electron chi connectivity index (χ1n) is 2.48. The molecule has 0 aromatic carbocycles. The van der Waals surface area contributed by atoms with Crippen molar-refractivity contribution in [3.8, 4) is 12.3 Å². The molecule has 0 saturated heterocycles. The Morgan fingerprint density at radius 1 is 1.70 bits per heavy atom. The van der Waals surface area contributed by atoms with Crippen LogP contribution in [0.3, 0.4) is 0 Å². The van der Waals surface area contributed by atoms with E-state index in [-0.39, 0.29) is 0 Å². The number of carbonyl (C=O) groups excluding carboxylic acids is 1. The Morgan fingerprint density at radius 2 is 2.20 bits per heavy atom. The molecule has 0 spiro atoms. The maximum absolute atomic E-state index is 10.2. The van der Waals surface area contributed by atoms with Crippen molar-refractivity contribution >= 4 is 11.9 Å². The summed E-state index contributed by atoms with van der Waals surface area (Å²) in [6.45, 7) is 1.40. The molecule has 0 bridgehead atoms. The predicted octanol–water partition coefficient (Wildman–Crippen LogP) is -0.364. The van der Waals surface area contributed by atoms with Gasteiger partial charge in [0.1, 0.15) is 0 Å². The summed E-state index contributed by atoms with van der Waals surface area (Å²) < 4.78 is 4.19. The van der Waals surface area contributed by atoms with E-state index in [1.165, 1.54) is 6.92 Å². The SMILES string of the molecule is C#CC(C)OC(=O)C(=O)O. The number of hydrogen-bond acceptors (Lipinski definition) is 3. The standard InChI is InChI=1S/C6H6O4/c1-3-4(2)10-6(9)5(7)8/h1,4H,2H3,(H,7,8).